The zero-order valence-corrected chi connectivity index (χ0v) is 21.4. The number of pyridine rings is 1. The zero-order valence-electron chi connectivity index (χ0n) is 21.4. The Bertz CT molecular complexity index is 1710. The Morgan fingerprint density at radius 2 is 1.74 bits per heavy atom. The van der Waals surface area contributed by atoms with E-state index >= 15 is 0 Å². The summed E-state index contributed by atoms with van der Waals surface area (Å²) in [6.07, 6.45) is 4.65. The highest BCUT2D eigenvalue weighted by Crippen LogP contribution is 2.41. The van der Waals surface area contributed by atoms with Crippen molar-refractivity contribution in [1.82, 2.24) is 14.4 Å². The van der Waals surface area contributed by atoms with E-state index in [1.165, 1.54) is 6.08 Å². The first-order valence-electron chi connectivity index (χ1n) is 12.2. The molecule has 2 aromatic carbocycles. The highest BCUT2D eigenvalue weighted by Gasteiger charge is 2.26. The van der Waals surface area contributed by atoms with Crippen LogP contribution in [0, 0.1) is 6.92 Å². The number of hydrogen-bond donors (Lipinski definition) is 3. The van der Waals surface area contributed by atoms with E-state index < -0.39 is 5.91 Å². The van der Waals surface area contributed by atoms with Crippen molar-refractivity contribution >= 4 is 28.8 Å². The molecule has 0 saturated heterocycles. The minimum absolute atomic E-state index is 0.305. The quantitative estimate of drug-likeness (QED) is 0.235. The van der Waals surface area contributed by atoms with Crippen molar-refractivity contribution in [3.05, 3.63) is 103 Å². The van der Waals surface area contributed by atoms with Gasteiger partial charge >= 0.3 is 0 Å². The van der Waals surface area contributed by atoms with E-state index in [2.05, 4.69) is 27.2 Å². The summed E-state index contributed by atoms with van der Waals surface area (Å²) in [6.45, 7) is 5.38. The van der Waals surface area contributed by atoms with Crippen LogP contribution in [-0.4, -0.2) is 33.2 Å². The second-order valence-corrected chi connectivity index (χ2v) is 8.72. The molecule has 5 aromatic rings. The molecular weight excluding hydrogens is 492 g/mol. The fourth-order valence-electron chi connectivity index (χ4n) is 4.48. The Labute approximate surface area is 225 Å². The standard InChI is InChI=1S/C30H26N6O3/c1-4-23(37)35-21-12-8-20(9-13-21)27-25(26(29(31)38)28-30(32-3)33-16-17-36(27)28)19-10-14-22(15-11-19)39-24-7-5-6-18(2)34-24/h4-17H,1H2,2-3H3,(H2,31,38)(H,32,33)(H,35,37). The second-order valence-electron chi connectivity index (χ2n) is 8.72. The highest BCUT2D eigenvalue weighted by molar-refractivity contribution is 6.13. The van der Waals surface area contributed by atoms with Crippen LogP contribution < -0.4 is 21.1 Å². The smallest absolute Gasteiger partial charge is 0.251 e. The number of amides is 2. The number of benzene rings is 2. The average molecular weight is 519 g/mol. The third-order valence-corrected chi connectivity index (χ3v) is 6.17. The van der Waals surface area contributed by atoms with Crippen LogP contribution in [0.15, 0.2) is 91.8 Å². The Hall–Kier alpha value is -5.44. The summed E-state index contributed by atoms with van der Waals surface area (Å²) in [5, 5.41) is 5.81. The van der Waals surface area contributed by atoms with E-state index in [0.29, 0.717) is 39.8 Å². The van der Waals surface area contributed by atoms with Crippen molar-refractivity contribution in [2.75, 3.05) is 17.7 Å². The van der Waals surface area contributed by atoms with Crippen LogP contribution in [0.25, 0.3) is 27.9 Å². The van der Waals surface area contributed by atoms with Crippen molar-refractivity contribution in [3.63, 3.8) is 0 Å². The molecule has 0 spiro atoms. The number of carbonyl (C=O) groups is 2. The van der Waals surface area contributed by atoms with Crippen LogP contribution in [0.3, 0.4) is 0 Å². The Balaban J connectivity index is 1.67. The molecule has 0 saturated carbocycles. The molecule has 4 N–H and O–H groups in total. The Morgan fingerprint density at radius 1 is 1.03 bits per heavy atom. The van der Waals surface area contributed by atoms with E-state index in [0.717, 1.165) is 22.5 Å². The Morgan fingerprint density at radius 3 is 2.38 bits per heavy atom. The van der Waals surface area contributed by atoms with Gasteiger partial charge < -0.3 is 25.5 Å². The van der Waals surface area contributed by atoms with Gasteiger partial charge in [0.1, 0.15) is 11.3 Å². The number of anilines is 2. The molecule has 3 heterocycles. The van der Waals surface area contributed by atoms with Gasteiger partial charge in [-0.05, 0) is 54.5 Å². The first-order chi connectivity index (χ1) is 18.9. The molecule has 0 unspecified atom stereocenters. The molecule has 0 bridgehead atoms. The average Bonchev–Trinajstić information content (AvgIpc) is 3.29. The van der Waals surface area contributed by atoms with Crippen molar-refractivity contribution in [3.8, 4) is 34.0 Å². The minimum atomic E-state index is -0.586. The number of ether oxygens (including phenoxy) is 1. The van der Waals surface area contributed by atoms with E-state index in [1.54, 1.807) is 37.6 Å². The zero-order chi connectivity index (χ0) is 27.5. The molecule has 9 heteroatoms. The molecule has 39 heavy (non-hydrogen) atoms. The highest BCUT2D eigenvalue weighted by atomic mass is 16.5. The summed E-state index contributed by atoms with van der Waals surface area (Å²) in [7, 11) is 1.74. The normalized spacial score (nSPS) is 10.7. The summed E-state index contributed by atoms with van der Waals surface area (Å²) in [5.41, 5.74) is 11.3. The van der Waals surface area contributed by atoms with Gasteiger partial charge in [-0.2, -0.15) is 0 Å². The van der Waals surface area contributed by atoms with E-state index in [9.17, 15) is 9.59 Å². The lowest BCUT2D eigenvalue weighted by atomic mass is 9.96. The summed E-state index contributed by atoms with van der Waals surface area (Å²) in [5.74, 6) is 0.712. The molecule has 0 atom stereocenters. The van der Waals surface area contributed by atoms with Crippen molar-refractivity contribution in [1.29, 1.82) is 0 Å². The molecule has 194 valence electrons. The SMILES string of the molecule is C=CC(=O)Nc1ccc(-c2c(-c3ccc(Oc4cccc(C)n4)cc3)c(C(N)=O)c3c(NC)nccn23)cc1. The van der Waals surface area contributed by atoms with E-state index in [1.807, 2.05) is 59.9 Å². The lowest BCUT2D eigenvalue weighted by Crippen LogP contribution is -2.12. The van der Waals surface area contributed by atoms with Gasteiger partial charge in [0.15, 0.2) is 5.82 Å². The maximum Gasteiger partial charge on any atom is 0.251 e. The monoisotopic (exact) mass is 518 g/mol. The summed E-state index contributed by atoms with van der Waals surface area (Å²) in [4.78, 5) is 33.5. The molecule has 9 nitrogen and oxygen atoms in total. The van der Waals surface area contributed by atoms with Gasteiger partial charge in [0, 0.05) is 42.5 Å². The number of rotatable bonds is 8. The fraction of sp³-hybridized carbons (Fsp3) is 0.0667. The molecule has 5 rings (SSSR count). The van der Waals surface area contributed by atoms with Gasteiger partial charge in [0.25, 0.3) is 5.91 Å². The van der Waals surface area contributed by atoms with E-state index in [-0.39, 0.29) is 5.91 Å². The second kappa shape index (κ2) is 10.5. The lowest BCUT2D eigenvalue weighted by Gasteiger charge is -2.11. The minimum Gasteiger partial charge on any atom is -0.439 e. The van der Waals surface area contributed by atoms with Gasteiger partial charge in [-0.25, -0.2) is 9.97 Å². The van der Waals surface area contributed by atoms with Gasteiger partial charge in [-0.15, -0.1) is 0 Å². The van der Waals surface area contributed by atoms with Gasteiger partial charge in [0.05, 0.1) is 11.3 Å². The van der Waals surface area contributed by atoms with Crippen LogP contribution in [-0.2, 0) is 4.79 Å². The van der Waals surface area contributed by atoms with Crippen molar-refractivity contribution in [2.24, 2.45) is 5.73 Å². The van der Waals surface area contributed by atoms with Crippen LogP contribution in [0.4, 0.5) is 11.5 Å². The number of aromatic nitrogens is 3. The molecule has 0 aliphatic rings. The first-order valence-corrected chi connectivity index (χ1v) is 12.2. The predicted molar refractivity (Wildman–Crippen MR) is 152 cm³/mol. The summed E-state index contributed by atoms with van der Waals surface area (Å²) >= 11 is 0. The van der Waals surface area contributed by atoms with Crippen LogP contribution in [0.2, 0.25) is 0 Å². The van der Waals surface area contributed by atoms with Crippen molar-refractivity contribution < 1.29 is 14.3 Å². The van der Waals surface area contributed by atoms with Gasteiger partial charge in [-0.3, -0.25) is 9.59 Å². The third-order valence-electron chi connectivity index (χ3n) is 6.17. The molecule has 0 radical (unpaired) electrons. The topological polar surface area (TPSA) is 124 Å². The maximum absolute atomic E-state index is 12.9. The maximum atomic E-state index is 12.9. The third kappa shape index (κ3) is 4.93. The molecule has 3 aromatic heterocycles. The molecule has 2 amide bonds. The number of fused-ring (bicyclic) bond motifs is 1. The Kier molecular flexibility index (Phi) is 6.79. The lowest BCUT2D eigenvalue weighted by molar-refractivity contribution is -0.111. The summed E-state index contributed by atoms with van der Waals surface area (Å²) < 4.78 is 7.82. The summed E-state index contributed by atoms with van der Waals surface area (Å²) in [6, 6.07) is 20.3. The van der Waals surface area contributed by atoms with E-state index in [4.69, 9.17) is 10.5 Å². The number of nitrogens with one attached hydrogen (secondary N) is 2. The molecule has 0 fully saturated rings. The van der Waals surface area contributed by atoms with Crippen LogP contribution in [0.1, 0.15) is 16.1 Å². The van der Waals surface area contributed by atoms with Gasteiger partial charge in [-0.1, -0.05) is 36.9 Å². The van der Waals surface area contributed by atoms with Crippen LogP contribution >= 0.6 is 0 Å². The number of aryl methyl sites for hydroxylation is 1. The molecular formula is C30H26N6O3. The van der Waals surface area contributed by atoms with Crippen molar-refractivity contribution in [2.45, 2.75) is 6.92 Å². The number of primary amides is 1. The predicted octanol–water partition coefficient (Wildman–Crippen LogP) is 5.43. The fourth-order valence-corrected chi connectivity index (χ4v) is 4.48. The number of nitrogens with zero attached hydrogens (tertiary/aromatic N) is 3. The molecule has 0 aliphatic heterocycles. The van der Waals surface area contributed by atoms with Crippen LogP contribution in [0.5, 0.6) is 11.6 Å². The first kappa shape index (κ1) is 25.2. The number of carbonyl (C=O) groups excluding carboxylic acids is 2. The largest absolute Gasteiger partial charge is 0.439 e. The number of nitrogens with two attached hydrogens (primary N) is 1. The van der Waals surface area contributed by atoms with Gasteiger partial charge in [0.2, 0.25) is 11.8 Å². The number of hydrogen-bond acceptors (Lipinski definition) is 6. The molecule has 0 aliphatic carbocycles.